The predicted octanol–water partition coefficient (Wildman–Crippen LogP) is 4.04. The van der Waals surface area contributed by atoms with Gasteiger partial charge in [0.05, 0.1) is 0 Å². The van der Waals surface area contributed by atoms with Gasteiger partial charge in [0.25, 0.3) is 0 Å². The molecule has 0 aliphatic heterocycles. The van der Waals surface area contributed by atoms with Crippen LogP contribution in [0.25, 0.3) is 0 Å². The Morgan fingerprint density at radius 2 is 1.93 bits per heavy atom. The molecule has 0 saturated carbocycles. The van der Waals surface area contributed by atoms with Gasteiger partial charge in [0.15, 0.2) is 0 Å². The van der Waals surface area contributed by atoms with Crippen LogP contribution in [0.3, 0.4) is 0 Å². The molecule has 0 fully saturated rings. The smallest absolute Gasteiger partial charge is 0.00860 e. The summed E-state index contributed by atoms with van der Waals surface area (Å²) < 4.78 is 0. The molecular weight excluding hydrogens is 180 g/mol. The van der Waals surface area contributed by atoms with Gasteiger partial charge in [0.2, 0.25) is 0 Å². The SMILES string of the molecule is C#CCCCCCc1cc(C)ccc1C. The molecule has 0 radical (unpaired) electrons. The first-order valence-corrected chi connectivity index (χ1v) is 5.73. The van der Waals surface area contributed by atoms with E-state index in [9.17, 15) is 0 Å². The van der Waals surface area contributed by atoms with Crippen molar-refractivity contribution in [1.82, 2.24) is 0 Å². The van der Waals surface area contributed by atoms with E-state index >= 15 is 0 Å². The Morgan fingerprint density at radius 1 is 1.13 bits per heavy atom. The zero-order chi connectivity index (χ0) is 11.1. The molecule has 80 valence electrons. The molecule has 0 aliphatic rings. The second-order valence-corrected chi connectivity index (χ2v) is 4.19. The quantitative estimate of drug-likeness (QED) is 0.497. The molecule has 0 bridgehead atoms. The second kappa shape index (κ2) is 6.30. The van der Waals surface area contributed by atoms with Gasteiger partial charge < -0.3 is 0 Å². The minimum atomic E-state index is 0.923. The van der Waals surface area contributed by atoms with Crippen molar-refractivity contribution in [3.63, 3.8) is 0 Å². The molecule has 0 atom stereocenters. The third-order valence-corrected chi connectivity index (χ3v) is 2.77. The first kappa shape index (κ1) is 11.9. The van der Waals surface area contributed by atoms with Crippen LogP contribution in [0, 0.1) is 26.2 Å². The average molecular weight is 200 g/mol. The molecule has 0 aliphatic carbocycles. The number of hydrogen-bond acceptors (Lipinski definition) is 0. The lowest BCUT2D eigenvalue weighted by Gasteiger charge is -2.06. The van der Waals surface area contributed by atoms with E-state index in [0.29, 0.717) is 0 Å². The van der Waals surface area contributed by atoms with Gasteiger partial charge in [-0.05, 0) is 44.2 Å². The maximum atomic E-state index is 5.22. The first-order valence-electron chi connectivity index (χ1n) is 5.73. The van der Waals surface area contributed by atoms with Gasteiger partial charge in [-0.3, -0.25) is 0 Å². The summed E-state index contributed by atoms with van der Waals surface area (Å²) in [6.07, 6.45) is 11.0. The summed E-state index contributed by atoms with van der Waals surface area (Å²) in [5.74, 6) is 2.69. The molecule has 0 amide bonds. The summed E-state index contributed by atoms with van der Waals surface area (Å²) in [6.45, 7) is 4.34. The molecule has 0 heterocycles. The molecule has 1 aromatic carbocycles. The molecule has 0 aromatic heterocycles. The van der Waals surface area contributed by atoms with Crippen molar-refractivity contribution < 1.29 is 0 Å². The number of aryl methyl sites for hydroxylation is 3. The molecule has 15 heavy (non-hydrogen) atoms. The minimum Gasteiger partial charge on any atom is -0.120 e. The van der Waals surface area contributed by atoms with Crippen LogP contribution in [0.15, 0.2) is 18.2 Å². The fourth-order valence-electron chi connectivity index (χ4n) is 1.79. The lowest BCUT2D eigenvalue weighted by atomic mass is 10.00. The van der Waals surface area contributed by atoms with Crippen LogP contribution in [0.1, 0.15) is 42.4 Å². The Balaban J connectivity index is 2.37. The summed E-state index contributed by atoms with van der Waals surface area (Å²) in [5.41, 5.74) is 4.27. The Kier molecular flexibility index (Phi) is 4.98. The van der Waals surface area contributed by atoms with Crippen molar-refractivity contribution in [1.29, 1.82) is 0 Å². The molecule has 0 saturated heterocycles. The molecule has 1 aromatic rings. The standard InChI is InChI=1S/C15H20/c1-4-5-6-7-8-9-15-12-13(2)10-11-14(15)3/h1,10-12H,5-9H2,2-3H3. The van der Waals surface area contributed by atoms with E-state index in [-0.39, 0.29) is 0 Å². The van der Waals surface area contributed by atoms with E-state index in [0.717, 1.165) is 6.42 Å². The van der Waals surface area contributed by atoms with E-state index < -0.39 is 0 Å². The summed E-state index contributed by atoms with van der Waals surface area (Å²) in [4.78, 5) is 0. The summed E-state index contributed by atoms with van der Waals surface area (Å²) in [7, 11) is 0. The third-order valence-electron chi connectivity index (χ3n) is 2.77. The number of hydrogen-bond donors (Lipinski definition) is 0. The first-order chi connectivity index (χ1) is 7.24. The van der Waals surface area contributed by atoms with Crippen molar-refractivity contribution in [3.05, 3.63) is 34.9 Å². The van der Waals surface area contributed by atoms with Gasteiger partial charge in [-0.15, -0.1) is 12.3 Å². The lowest BCUT2D eigenvalue weighted by molar-refractivity contribution is 0.691. The highest BCUT2D eigenvalue weighted by Gasteiger charge is 1.98. The number of rotatable bonds is 5. The monoisotopic (exact) mass is 200 g/mol. The Labute approximate surface area is 93.7 Å². The Hall–Kier alpha value is -1.22. The van der Waals surface area contributed by atoms with E-state index in [2.05, 4.69) is 38.0 Å². The molecule has 1 rings (SSSR count). The van der Waals surface area contributed by atoms with Gasteiger partial charge >= 0.3 is 0 Å². The fraction of sp³-hybridized carbons (Fsp3) is 0.467. The van der Waals surface area contributed by atoms with Crippen molar-refractivity contribution >= 4 is 0 Å². The normalized spacial score (nSPS) is 9.93. The number of unbranched alkanes of at least 4 members (excludes halogenated alkanes) is 3. The van der Waals surface area contributed by atoms with Crippen molar-refractivity contribution in [3.8, 4) is 12.3 Å². The van der Waals surface area contributed by atoms with Crippen LogP contribution >= 0.6 is 0 Å². The van der Waals surface area contributed by atoms with Gasteiger partial charge in [-0.2, -0.15) is 0 Å². The number of terminal acetylenes is 1. The summed E-state index contributed by atoms with van der Waals surface area (Å²) in [6, 6.07) is 6.69. The Bertz CT molecular complexity index is 342. The van der Waals surface area contributed by atoms with Crippen LogP contribution in [-0.2, 0) is 6.42 Å². The largest absolute Gasteiger partial charge is 0.120 e. The van der Waals surface area contributed by atoms with Gasteiger partial charge in [-0.25, -0.2) is 0 Å². The van der Waals surface area contributed by atoms with Crippen molar-refractivity contribution in [2.45, 2.75) is 46.0 Å². The molecule has 0 unspecified atom stereocenters. The molecule has 0 heteroatoms. The van der Waals surface area contributed by atoms with Crippen LogP contribution in [0.4, 0.5) is 0 Å². The highest BCUT2D eigenvalue weighted by Crippen LogP contribution is 2.14. The van der Waals surface area contributed by atoms with Gasteiger partial charge in [0, 0.05) is 6.42 Å². The average Bonchev–Trinajstić information content (AvgIpc) is 2.23. The van der Waals surface area contributed by atoms with Crippen molar-refractivity contribution in [2.75, 3.05) is 0 Å². The van der Waals surface area contributed by atoms with Gasteiger partial charge in [-0.1, -0.05) is 30.2 Å². The predicted molar refractivity (Wildman–Crippen MR) is 66.9 cm³/mol. The zero-order valence-corrected chi connectivity index (χ0v) is 9.84. The molecule has 0 nitrogen and oxygen atoms in total. The van der Waals surface area contributed by atoms with E-state index in [1.54, 1.807) is 0 Å². The van der Waals surface area contributed by atoms with Gasteiger partial charge in [0.1, 0.15) is 0 Å². The highest BCUT2D eigenvalue weighted by atomic mass is 14.0. The lowest BCUT2D eigenvalue weighted by Crippen LogP contribution is -1.91. The number of benzene rings is 1. The maximum Gasteiger partial charge on any atom is 0.00860 e. The van der Waals surface area contributed by atoms with Crippen LogP contribution in [0.5, 0.6) is 0 Å². The summed E-state index contributed by atoms with van der Waals surface area (Å²) >= 11 is 0. The zero-order valence-electron chi connectivity index (χ0n) is 9.84. The van der Waals surface area contributed by atoms with Crippen LogP contribution in [0.2, 0.25) is 0 Å². The highest BCUT2D eigenvalue weighted by molar-refractivity contribution is 5.30. The molecular formula is C15H20. The maximum absolute atomic E-state index is 5.22. The van der Waals surface area contributed by atoms with Crippen molar-refractivity contribution in [2.24, 2.45) is 0 Å². The third kappa shape index (κ3) is 4.21. The van der Waals surface area contributed by atoms with E-state index in [1.807, 2.05) is 0 Å². The van der Waals surface area contributed by atoms with E-state index in [1.165, 1.54) is 42.4 Å². The van der Waals surface area contributed by atoms with E-state index in [4.69, 9.17) is 6.42 Å². The topological polar surface area (TPSA) is 0 Å². The van der Waals surface area contributed by atoms with Crippen LogP contribution in [-0.4, -0.2) is 0 Å². The van der Waals surface area contributed by atoms with Crippen LogP contribution < -0.4 is 0 Å². The minimum absolute atomic E-state index is 0.923. The second-order valence-electron chi connectivity index (χ2n) is 4.19. The molecule has 0 spiro atoms. The Morgan fingerprint density at radius 3 is 2.67 bits per heavy atom. The fourth-order valence-corrected chi connectivity index (χ4v) is 1.79. The summed E-state index contributed by atoms with van der Waals surface area (Å²) in [5, 5.41) is 0. The molecule has 0 N–H and O–H groups in total.